The fraction of sp³-hybridized carbons (Fsp3) is 0.400. The molecule has 0 saturated carbocycles. The third kappa shape index (κ3) is 3.09. The van der Waals surface area contributed by atoms with Crippen LogP contribution in [0.2, 0.25) is 5.02 Å². The van der Waals surface area contributed by atoms with E-state index in [0.29, 0.717) is 22.3 Å². The van der Waals surface area contributed by atoms with E-state index in [2.05, 4.69) is 11.4 Å². The van der Waals surface area contributed by atoms with Gasteiger partial charge in [-0.15, -0.1) is 0 Å². The number of piperidine rings is 1. The van der Waals surface area contributed by atoms with Crippen LogP contribution in [0.5, 0.6) is 11.5 Å². The van der Waals surface area contributed by atoms with Gasteiger partial charge in [0.1, 0.15) is 12.4 Å². The molecule has 4 rings (SSSR count). The smallest absolute Gasteiger partial charge is 0.168 e. The van der Waals surface area contributed by atoms with Crippen molar-refractivity contribution in [2.45, 2.75) is 31.3 Å². The van der Waals surface area contributed by atoms with Gasteiger partial charge in [0.25, 0.3) is 0 Å². The van der Waals surface area contributed by atoms with Crippen molar-refractivity contribution in [3.8, 4) is 11.5 Å². The van der Waals surface area contributed by atoms with E-state index in [9.17, 15) is 4.39 Å². The molecule has 1 fully saturated rings. The number of ether oxygens (including phenoxy) is 2. The normalized spacial score (nSPS) is 23.5. The summed E-state index contributed by atoms with van der Waals surface area (Å²) < 4.78 is 26.8. The van der Waals surface area contributed by atoms with E-state index in [4.69, 9.17) is 21.1 Å². The second-order valence-corrected chi connectivity index (χ2v) is 7.38. The molecule has 1 N–H and O–H groups in total. The van der Waals surface area contributed by atoms with Crippen LogP contribution in [0, 0.1) is 5.82 Å². The first-order chi connectivity index (χ1) is 12.1. The lowest BCUT2D eigenvalue weighted by atomic mass is 9.88. The van der Waals surface area contributed by atoms with E-state index in [0.717, 1.165) is 31.7 Å². The molecule has 2 aliphatic heterocycles. The molecule has 2 aromatic rings. The lowest BCUT2D eigenvalue weighted by Crippen LogP contribution is -2.40. The van der Waals surface area contributed by atoms with Crippen LogP contribution in [-0.2, 0) is 5.60 Å². The van der Waals surface area contributed by atoms with Crippen LogP contribution in [-0.4, -0.2) is 19.7 Å². The molecule has 0 aromatic heterocycles. The van der Waals surface area contributed by atoms with E-state index >= 15 is 0 Å². The van der Waals surface area contributed by atoms with Crippen LogP contribution in [0.1, 0.15) is 36.8 Å². The van der Waals surface area contributed by atoms with Gasteiger partial charge in [0.2, 0.25) is 0 Å². The van der Waals surface area contributed by atoms with Crippen LogP contribution in [0.15, 0.2) is 36.4 Å². The average Bonchev–Trinajstić information content (AvgIpc) is 2.61. The maximum atomic E-state index is 14.4. The molecular weight excluding hydrogens is 341 g/mol. The molecule has 0 amide bonds. The molecule has 1 unspecified atom stereocenters. The molecule has 2 aliphatic rings. The first-order valence-corrected chi connectivity index (χ1v) is 9.05. The van der Waals surface area contributed by atoms with E-state index < -0.39 is 5.60 Å². The molecule has 0 radical (unpaired) electrons. The predicted octanol–water partition coefficient (Wildman–Crippen LogP) is 4.63. The molecule has 2 heterocycles. The summed E-state index contributed by atoms with van der Waals surface area (Å²) in [5.74, 6) is 1.58. The Kier molecular flexibility index (Phi) is 4.34. The predicted molar refractivity (Wildman–Crippen MR) is 96.2 cm³/mol. The zero-order chi connectivity index (χ0) is 17.4. The number of halogens is 2. The van der Waals surface area contributed by atoms with Crippen molar-refractivity contribution in [1.82, 2.24) is 5.32 Å². The Morgan fingerprint density at radius 2 is 2.00 bits per heavy atom. The third-order valence-electron chi connectivity index (χ3n) is 5.12. The van der Waals surface area contributed by atoms with E-state index in [1.807, 2.05) is 19.1 Å². The van der Waals surface area contributed by atoms with Crippen molar-refractivity contribution in [2.24, 2.45) is 0 Å². The maximum absolute atomic E-state index is 14.4. The molecule has 0 aliphatic carbocycles. The minimum absolute atomic E-state index is 0.264. The summed E-state index contributed by atoms with van der Waals surface area (Å²) in [6.45, 7) is 4.14. The van der Waals surface area contributed by atoms with Crippen molar-refractivity contribution in [3.63, 3.8) is 0 Å². The standard InChI is InChI=1S/C20H21ClFNO2/c1-20(16-6-5-14(21)11-17(16)22)12-24-19-15(3-2-4-18(19)25-20)13-7-9-23-10-8-13/h2-6,11,13,23H,7-10,12H2,1H3. The van der Waals surface area contributed by atoms with Crippen LogP contribution >= 0.6 is 11.6 Å². The van der Waals surface area contributed by atoms with Gasteiger partial charge in [-0.25, -0.2) is 4.39 Å². The fourth-order valence-electron chi connectivity index (χ4n) is 3.76. The fourth-order valence-corrected chi connectivity index (χ4v) is 3.91. The van der Waals surface area contributed by atoms with E-state index in [1.165, 1.54) is 11.6 Å². The van der Waals surface area contributed by atoms with Gasteiger partial charge in [0.15, 0.2) is 17.1 Å². The number of para-hydroxylation sites is 1. The lowest BCUT2D eigenvalue weighted by molar-refractivity contribution is -0.00110. The Morgan fingerprint density at radius 1 is 1.20 bits per heavy atom. The number of hydrogen-bond donors (Lipinski definition) is 1. The highest BCUT2D eigenvalue weighted by Gasteiger charge is 2.38. The summed E-state index contributed by atoms with van der Waals surface area (Å²) in [5.41, 5.74) is 0.765. The summed E-state index contributed by atoms with van der Waals surface area (Å²) in [5, 5.41) is 3.76. The summed E-state index contributed by atoms with van der Waals surface area (Å²) in [6.07, 6.45) is 2.17. The largest absolute Gasteiger partial charge is 0.485 e. The van der Waals surface area contributed by atoms with Crippen molar-refractivity contribution in [2.75, 3.05) is 19.7 Å². The highest BCUT2D eigenvalue weighted by atomic mass is 35.5. The molecule has 25 heavy (non-hydrogen) atoms. The Balaban J connectivity index is 1.67. The summed E-state index contributed by atoms with van der Waals surface area (Å²) in [4.78, 5) is 0. The third-order valence-corrected chi connectivity index (χ3v) is 5.35. The molecule has 132 valence electrons. The zero-order valence-electron chi connectivity index (χ0n) is 14.1. The molecule has 5 heteroatoms. The first kappa shape index (κ1) is 16.7. The number of hydrogen-bond acceptors (Lipinski definition) is 3. The zero-order valence-corrected chi connectivity index (χ0v) is 14.9. The van der Waals surface area contributed by atoms with Gasteiger partial charge in [0, 0.05) is 16.1 Å². The molecule has 0 spiro atoms. The molecule has 2 aromatic carbocycles. The van der Waals surface area contributed by atoms with Crippen molar-refractivity contribution >= 4 is 11.6 Å². The molecule has 0 bridgehead atoms. The average molecular weight is 362 g/mol. The number of benzene rings is 2. The van der Waals surface area contributed by atoms with Crippen LogP contribution in [0.4, 0.5) is 4.39 Å². The van der Waals surface area contributed by atoms with Gasteiger partial charge in [0.05, 0.1) is 0 Å². The SMILES string of the molecule is CC1(c2ccc(Cl)cc2F)COc2c(cccc2C2CCNCC2)O1. The van der Waals surface area contributed by atoms with Crippen LogP contribution in [0.3, 0.4) is 0 Å². The number of rotatable bonds is 2. The van der Waals surface area contributed by atoms with Gasteiger partial charge in [-0.2, -0.15) is 0 Å². The van der Waals surface area contributed by atoms with Gasteiger partial charge in [-0.3, -0.25) is 0 Å². The highest BCUT2D eigenvalue weighted by molar-refractivity contribution is 6.30. The molecule has 1 atom stereocenters. The topological polar surface area (TPSA) is 30.5 Å². The Bertz CT molecular complexity index is 791. The van der Waals surface area contributed by atoms with Gasteiger partial charge in [-0.05, 0) is 57.0 Å². The lowest BCUT2D eigenvalue weighted by Gasteiger charge is -2.38. The summed E-state index contributed by atoms with van der Waals surface area (Å²) in [6, 6.07) is 10.7. The minimum atomic E-state index is -0.881. The van der Waals surface area contributed by atoms with E-state index in [1.54, 1.807) is 12.1 Å². The number of fused-ring (bicyclic) bond motifs is 1. The van der Waals surface area contributed by atoms with Crippen molar-refractivity contribution in [3.05, 3.63) is 58.4 Å². The summed E-state index contributed by atoms with van der Waals surface area (Å²) in [7, 11) is 0. The maximum Gasteiger partial charge on any atom is 0.168 e. The Morgan fingerprint density at radius 3 is 2.76 bits per heavy atom. The van der Waals surface area contributed by atoms with Gasteiger partial charge < -0.3 is 14.8 Å². The van der Waals surface area contributed by atoms with Gasteiger partial charge >= 0.3 is 0 Å². The second kappa shape index (κ2) is 6.50. The minimum Gasteiger partial charge on any atom is -0.485 e. The summed E-state index contributed by atoms with van der Waals surface area (Å²) >= 11 is 5.87. The van der Waals surface area contributed by atoms with Crippen molar-refractivity contribution < 1.29 is 13.9 Å². The van der Waals surface area contributed by atoms with E-state index in [-0.39, 0.29) is 12.4 Å². The number of nitrogens with one attached hydrogen (secondary N) is 1. The van der Waals surface area contributed by atoms with Crippen LogP contribution < -0.4 is 14.8 Å². The molecule has 3 nitrogen and oxygen atoms in total. The Hall–Kier alpha value is -1.78. The highest BCUT2D eigenvalue weighted by Crippen LogP contribution is 2.45. The van der Waals surface area contributed by atoms with Crippen LogP contribution in [0.25, 0.3) is 0 Å². The Labute approximate surface area is 152 Å². The molecule has 1 saturated heterocycles. The van der Waals surface area contributed by atoms with Gasteiger partial charge in [-0.1, -0.05) is 29.8 Å². The monoisotopic (exact) mass is 361 g/mol. The van der Waals surface area contributed by atoms with Crippen molar-refractivity contribution in [1.29, 1.82) is 0 Å². The second-order valence-electron chi connectivity index (χ2n) is 6.94. The quantitative estimate of drug-likeness (QED) is 0.845. The molecular formula is C20H21ClFNO2. The first-order valence-electron chi connectivity index (χ1n) is 8.68.